The van der Waals surface area contributed by atoms with E-state index in [1.807, 2.05) is 22.6 Å². The Balaban J connectivity index is 4.43. The summed E-state index contributed by atoms with van der Waals surface area (Å²) in [4.78, 5) is 24.7. The summed E-state index contributed by atoms with van der Waals surface area (Å²) in [5.41, 5.74) is 0. The Labute approximate surface area is 106 Å². The van der Waals surface area contributed by atoms with Crippen molar-refractivity contribution in [2.75, 3.05) is 13.6 Å². The smallest absolute Gasteiger partial charge is 0.239 e. The average Bonchev–Trinajstić information content (AvgIpc) is 2.31. The molecule has 0 radical (unpaired) electrons. The van der Waals surface area contributed by atoms with E-state index in [9.17, 15) is 9.59 Å². The van der Waals surface area contributed by atoms with Crippen LogP contribution < -0.4 is 10.5 Å². The van der Waals surface area contributed by atoms with E-state index in [-0.39, 0.29) is 23.8 Å². The minimum absolute atomic E-state index is 0.0231. The highest BCUT2D eigenvalue weighted by atomic mass is 16.2. The molecule has 0 aromatic rings. The molecule has 0 fully saturated rings. The molecular formula is C9H22B3N3O2. The number of amides is 1. The molecule has 8 heteroatoms. The maximum Gasteiger partial charge on any atom is 0.239 e. The molecule has 0 aliphatic rings. The van der Waals surface area contributed by atoms with E-state index in [0.29, 0.717) is 13.0 Å². The van der Waals surface area contributed by atoms with Crippen molar-refractivity contribution in [2.24, 2.45) is 0 Å². The molecule has 0 unspecified atom stereocenters. The van der Waals surface area contributed by atoms with Gasteiger partial charge in [-0.3, -0.25) is 9.59 Å². The Kier molecular flexibility index (Phi) is 7.99. The van der Waals surface area contributed by atoms with Crippen molar-refractivity contribution < 1.29 is 9.59 Å². The molecule has 0 aromatic carbocycles. The molecule has 1 amide bonds. The molecule has 5 nitrogen and oxygen atoms in total. The molecule has 0 bridgehead atoms. The van der Waals surface area contributed by atoms with Gasteiger partial charge in [0.15, 0.2) is 15.3 Å². The van der Waals surface area contributed by atoms with Crippen molar-refractivity contribution in [3.8, 4) is 0 Å². The van der Waals surface area contributed by atoms with Crippen molar-refractivity contribution in [1.29, 1.82) is 0 Å². The lowest BCUT2D eigenvalue weighted by molar-refractivity contribution is -0.132. The van der Waals surface area contributed by atoms with Gasteiger partial charge in [0.1, 0.15) is 5.78 Å². The van der Waals surface area contributed by atoms with Gasteiger partial charge >= 0.3 is 0 Å². The Hall–Kier alpha value is -0.745. The largest absolute Gasteiger partial charge is 0.358 e. The number of ketones is 1. The molecule has 0 aliphatic heterocycles. The number of hydrogen-bond donors (Lipinski definition) is 2. The second-order valence-electron chi connectivity index (χ2n) is 4.32. The van der Waals surface area contributed by atoms with Crippen LogP contribution in [-0.2, 0) is 9.59 Å². The third kappa shape index (κ3) is 5.93. The Morgan fingerprint density at radius 2 is 2.06 bits per heavy atom. The van der Waals surface area contributed by atoms with Crippen LogP contribution in [0.4, 0.5) is 0 Å². The van der Waals surface area contributed by atoms with Crippen LogP contribution in [0, 0.1) is 0 Å². The van der Waals surface area contributed by atoms with E-state index in [1.165, 1.54) is 6.92 Å². The first-order chi connectivity index (χ1) is 7.93. The summed E-state index contributed by atoms with van der Waals surface area (Å²) in [6, 6.07) is -0.191. The quantitative estimate of drug-likeness (QED) is 0.436. The first kappa shape index (κ1) is 16.3. The van der Waals surface area contributed by atoms with E-state index in [1.54, 1.807) is 11.9 Å². The lowest BCUT2D eigenvalue weighted by atomic mass is 9.66. The van der Waals surface area contributed by atoms with Gasteiger partial charge in [0.2, 0.25) is 5.91 Å². The minimum atomic E-state index is -0.248. The van der Waals surface area contributed by atoms with Gasteiger partial charge in [0.05, 0.1) is 13.8 Å². The molecule has 2 N–H and O–H groups in total. The summed E-state index contributed by atoms with van der Waals surface area (Å²) >= 11 is 0. The summed E-state index contributed by atoms with van der Waals surface area (Å²) in [6.45, 7) is 3.98. The summed E-state index contributed by atoms with van der Waals surface area (Å²) in [5.74, 6) is 0.126. The monoisotopic (exact) mass is 237 g/mol. The van der Waals surface area contributed by atoms with Crippen LogP contribution in [0.5, 0.6) is 0 Å². The normalized spacial score (nSPS) is 13.8. The van der Waals surface area contributed by atoms with Gasteiger partial charge in [-0.05, 0) is 13.8 Å². The fraction of sp³-hybridized carbons (Fsp3) is 0.778. The van der Waals surface area contributed by atoms with E-state index in [4.69, 9.17) is 0 Å². The molecule has 0 saturated heterocycles. The summed E-state index contributed by atoms with van der Waals surface area (Å²) in [6.07, 6.45) is 0.412. The highest BCUT2D eigenvalue weighted by Gasteiger charge is 2.25. The summed E-state index contributed by atoms with van der Waals surface area (Å²) < 4.78 is 0. The van der Waals surface area contributed by atoms with E-state index < -0.39 is 0 Å². The topological polar surface area (TPSA) is 61.4 Å². The average molecular weight is 237 g/mol. The van der Waals surface area contributed by atoms with Crippen LogP contribution in [0.2, 0.25) is 0 Å². The van der Waals surface area contributed by atoms with Crippen LogP contribution in [-0.4, -0.2) is 65.3 Å². The zero-order valence-electron chi connectivity index (χ0n) is 11.5. The highest BCUT2D eigenvalue weighted by molar-refractivity contribution is 6.87. The van der Waals surface area contributed by atoms with Crippen LogP contribution in [0.15, 0.2) is 0 Å². The van der Waals surface area contributed by atoms with Gasteiger partial charge in [-0.25, -0.2) is 0 Å². The fourth-order valence-electron chi connectivity index (χ4n) is 1.54. The van der Waals surface area contributed by atoms with Crippen LogP contribution in [0.25, 0.3) is 0 Å². The predicted octanol–water partition coefficient (Wildman–Crippen LogP) is -3.19. The number of hydrogen-bond acceptors (Lipinski definition) is 4. The maximum atomic E-state index is 12.2. The molecular weight excluding hydrogens is 215 g/mol. The first-order valence-electron chi connectivity index (χ1n) is 6.09. The van der Waals surface area contributed by atoms with Crippen LogP contribution in [0.1, 0.15) is 20.3 Å². The Morgan fingerprint density at radius 3 is 2.47 bits per heavy atom. The molecule has 94 valence electrons. The van der Waals surface area contributed by atoms with Gasteiger partial charge in [-0.1, -0.05) is 0 Å². The Morgan fingerprint density at radius 1 is 1.47 bits per heavy atom. The number of rotatable bonds is 8. The van der Waals surface area contributed by atoms with Crippen LogP contribution >= 0.6 is 0 Å². The van der Waals surface area contributed by atoms with E-state index in [0.717, 1.165) is 7.31 Å². The highest BCUT2D eigenvalue weighted by Crippen LogP contribution is 1.99. The van der Waals surface area contributed by atoms with Crippen molar-refractivity contribution in [3.63, 3.8) is 0 Å². The van der Waals surface area contributed by atoms with Gasteiger partial charge < -0.3 is 15.4 Å². The van der Waals surface area contributed by atoms with E-state index in [2.05, 4.69) is 10.5 Å². The number of carbonyl (C=O) groups is 2. The zero-order valence-corrected chi connectivity index (χ0v) is 11.5. The third-order valence-electron chi connectivity index (χ3n) is 2.82. The molecule has 0 spiro atoms. The fourth-order valence-corrected chi connectivity index (χ4v) is 1.54. The standard InChI is InChI=1S/C9H22B3N3O2/c1-6(16)4-5-15(3)9(17)8(14-12-10)7(2)13-11/h7-8,12-14H,4-5,10-11H2,1-3H3/t7-,8-/m0/s1. The molecule has 0 heterocycles. The second kappa shape index (κ2) is 8.36. The molecule has 0 saturated carbocycles. The van der Waals surface area contributed by atoms with Gasteiger partial charge in [-0.2, -0.15) is 0 Å². The first-order valence-corrected chi connectivity index (χ1v) is 6.09. The summed E-state index contributed by atoms with van der Waals surface area (Å²) in [5, 5.41) is 6.24. The van der Waals surface area contributed by atoms with E-state index >= 15 is 0 Å². The number of likely N-dealkylation sites (N-methyl/N-ethyl adjacent to an activating group) is 1. The lowest BCUT2D eigenvalue weighted by Crippen LogP contribution is -2.56. The van der Waals surface area contributed by atoms with Crippen molar-refractivity contribution >= 4 is 34.7 Å². The SMILES string of the molecule is BBN[C@H](C(=O)N(C)CCC(C)=O)[C@H](C)NB. The number of carbonyl (C=O) groups excluding carboxylic acids is 2. The molecule has 2 atom stereocenters. The summed E-state index contributed by atoms with van der Waals surface area (Å²) in [7, 11) is 6.27. The number of nitrogens with one attached hydrogen (secondary N) is 2. The Bertz CT molecular complexity index is 266. The zero-order chi connectivity index (χ0) is 13.4. The number of Topliss-reactive ketones (excluding diaryl/α,β-unsaturated/α-hetero) is 1. The van der Waals surface area contributed by atoms with Gasteiger partial charge in [0, 0.05) is 26.1 Å². The van der Waals surface area contributed by atoms with Gasteiger partial charge in [0.25, 0.3) is 0 Å². The maximum absolute atomic E-state index is 12.2. The molecule has 0 aromatic heterocycles. The predicted molar refractivity (Wildman–Crippen MR) is 76.7 cm³/mol. The lowest BCUT2D eigenvalue weighted by Gasteiger charge is -2.28. The molecule has 0 aliphatic carbocycles. The molecule has 17 heavy (non-hydrogen) atoms. The van der Waals surface area contributed by atoms with Crippen LogP contribution in [0.3, 0.4) is 0 Å². The minimum Gasteiger partial charge on any atom is -0.358 e. The second-order valence-corrected chi connectivity index (χ2v) is 4.32. The van der Waals surface area contributed by atoms with Crippen molar-refractivity contribution in [3.05, 3.63) is 0 Å². The van der Waals surface area contributed by atoms with Gasteiger partial charge in [-0.15, -0.1) is 0 Å². The number of nitrogens with zero attached hydrogens (tertiary/aromatic N) is 1. The third-order valence-corrected chi connectivity index (χ3v) is 2.82. The van der Waals surface area contributed by atoms with Crippen molar-refractivity contribution in [2.45, 2.75) is 32.4 Å². The van der Waals surface area contributed by atoms with Crippen molar-refractivity contribution in [1.82, 2.24) is 15.4 Å². The molecule has 0 rings (SSSR count).